The van der Waals surface area contributed by atoms with Crippen LogP contribution in [0.1, 0.15) is 31.9 Å². The van der Waals surface area contributed by atoms with Crippen molar-refractivity contribution < 1.29 is 0 Å². The van der Waals surface area contributed by atoms with Crippen molar-refractivity contribution in [2.24, 2.45) is 5.73 Å². The molecule has 1 heterocycles. The second kappa shape index (κ2) is 7.55. The minimum atomic E-state index is 0.135. The van der Waals surface area contributed by atoms with E-state index in [1.165, 1.54) is 31.7 Å². The van der Waals surface area contributed by atoms with Gasteiger partial charge in [0.2, 0.25) is 0 Å². The van der Waals surface area contributed by atoms with Crippen LogP contribution in [0.15, 0.2) is 28.7 Å². The average molecular weight is 340 g/mol. The lowest BCUT2D eigenvalue weighted by Gasteiger charge is -2.37. The number of rotatable bonds is 5. The quantitative estimate of drug-likeness (QED) is 0.895. The van der Waals surface area contributed by atoms with Gasteiger partial charge in [0.05, 0.1) is 0 Å². The molecule has 1 saturated heterocycles. The van der Waals surface area contributed by atoms with Crippen molar-refractivity contribution in [3.63, 3.8) is 0 Å². The number of nitrogens with zero attached hydrogens (tertiary/aromatic N) is 2. The highest BCUT2D eigenvalue weighted by Gasteiger charge is 2.19. The lowest BCUT2D eigenvalue weighted by atomic mass is 10.0. The third-order valence-electron chi connectivity index (χ3n) is 4.17. The number of benzene rings is 1. The lowest BCUT2D eigenvalue weighted by Crippen LogP contribution is -2.49. The predicted molar refractivity (Wildman–Crippen MR) is 88.8 cm³/mol. The van der Waals surface area contributed by atoms with Gasteiger partial charge in [-0.25, -0.2) is 0 Å². The van der Waals surface area contributed by atoms with Crippen LogP contribution in [0.2, 0.25) is 0 Å². The summed E-state index contributed by atoms with van der Waals surface area (Å²) in [6.45, 7) is 10.4. The molecule has 3 nitrogen and oxygen atoms in total. The standard InChI is InChI=1S/C16H26BrN3/c1-13(2)20-10-8-19(9-11-20)7-6-16(18)14-4-3-5-15(17)12-14/h3-5,12-13,16H,6-11,18H2,1-2H3. The first kappa shape index (κ1) is 16.0. The van der Waals surface area contributed by atoms with Gasteiger partial charge < -0.3 is 10.6 Å². The van der Waals surface area contributed by atoms with Crippen molar-refractivity contribution in [3.05, 3.63) is 34.3 Å². The van der Waals surface area contributed by atoms with E-state index in [4.69, 9.17) is 5.73 Å². The molecule has 1 unspecified atom stereocenters. The zero-order valence-corrected chi connectivity index (χ0v) is 14.1. The largest absolute Gasteiger partial charge is 0.324 e. The van der Waals surface area contributed by atoms with Gasteiger partial charge in [-0.15, -0.1) is 0 Å². The number of hydrogen-bond donors (Lipinski definition) is 1. The second-order valence-electron chi connectivity index (χ2n) is 5.92. The minimum Gasteiger partial charge on any atom is -0.324 e. The molecule has 1 fully saturated rings. The van der Waals surface area contributed by atoms with Crippen molar-refractivity contribution in [2.75, 3.05) is 32.7 Å². The molecular weight excluding hydrogens is 314 g/mol. The van der Waals surface area contributed by atoms with Crippen molar-refractivity contribution in [3.8, 4) is 0 Å². The summed E-state index contributed by atoms with van der Waals surface area (Å²) < 4.78 is 1.11. The van der Waals surface area contributed by atoms with Crippen LogP contribution in [-0.2, 0) is 0 Å². The van der Waals surface area contributed by atoms with Crippen molar-refractivity contribution >= 4 is 15.9 Å². The van der Waals surface area contributed by atoms with Crippen LogP contribution in [0.4, 0.5) is 0 Å². The zero-order chi connectivity index (χ0) is 14.5. The van der Waals surface area contributed by atoms with Crippen molar-refractivity contribution in [2.45, 2.75) is 32.4 Å². The van der Waals surface area contributed by atoms with E-state index >= 15 is 0 Å². The van der Waals surface area contributed by atoms with Crippen LogP contribution < -0.4 is 5.73 Å². The summed E-state index contributed by atoms with van der Waals surface area (Å²) in [7, 11) is 0. The van der Waals surface area contributed by atoms with Gasteiger partial charge in [-0.1, -0.05) is 28.1 Å². The average Bonchev–Trinajstić information content (AvgIpc) is 2.45. The second-order valence-corrected chi connectivity index (χ2v) is 6.84. The molecule has 1 aliphatic heterocycles. The van der Waals surface area contributed by atoms with Crippen LogP contribution in [0.5, 0.6) is 0 Å². The Morgan fingerprint density at radius 1 is 1.20 bits per heavy atom. The van der Waals surface area contributed by atoms with E-state index < -0.39 is 0 Å². The SMILES string of the molecule is CC(C)N1CCN(CCC(N)c2cccc(Br)c2)CC1. The first-order chi connectivity index (χ1) is 9.56. The topological polar surface area (TPSA) is 32.5 Å². The Morgan fingerprint density at radius 2 is 1.90 bits per heavy atom. The Kier molecular flexibility index (Phi) is 6.02. The lowest BCUT2D eigenvalue weighted by molar-refractivity contribution is 0.106. The molecule has 112 valence electrons. The van der Waals surface area contributed by atoms with Crippen molar-refractivity contribution in [1.29, 1.82) is 0 Å². The fourth-order valence-corrected chi connectivity index (χ4v) is 3.15. The highest BCUT2D eigenvalue weighted by Crippen LogP contribution is 2.19. The van der Waals surface area contributed by atoms with Gasteiger partial charge >= 0.3 is 0 Å². The molecule has 2 rings (SSSR count). The molecule has 0 aromatic heterocycles. The summed E-state index contributed by atoms with van der Waals surface area (Å²) in [5.74, 6) is 0. The molecule has 0 saturated carbocycles. The maximum Gasteiger partial charge on any atom is 0.0307 e. The Labute approximate surface area is 131 Å². The monoisotopic (exact) mass is 339 g/mol. The summed E-state index contributed by atoms with van der Waals surface area (Å²) in [6, 6.07) is 9.15. The van der Waals surface area contributed by atoms with E-state index in [0.29, 0.717) is 6.04 Å². The van der Waals surface area contributed by atoms with Gasteiger partial charge in [-0.2, -0.15) is 0 Å². The van der Waals surface area contributed by atoms with Gasteiger partial charge in [-0.05, 0) is 38.0 Å². The molecule has 1 aromatic rings. The van der Waals surface area contributed by atoms with Crippen LogP contribution in [0, 0.1) is 0 Å². The molecule has 0 spiro atoms. The maximum absolute atomic E-state index is 6.30. The van der Waals surface area contributed by atoms with Gasteiger partial charge in [-0.3, -0.25) is 4.90 Å². The van der Waals surface area contributed by atoms with E-state index in [1.54, 1.807) is 0 Å². The molecule has 2 N–H and O–H groups in total. The first-order valence-electron chi connectivity index (χ1n) is 7.53. The molecule has 1 aliphatic rings. The summed E-state index contributed by atoms with van der Waals surface area (Å²) in [4.78, 5) is 5.08. The number of hydrogen-bond acceptors (Lipinski definition) is 3. The third kappa shape index (κ3) is 4.55. The highest BCUT2D eigenvalue weighted by atomic mass is 79.9. The molecule has 0 aliphatic carbocycles. The smallest absolute Gasteiger partial charge is 0.0307 e. The minimum absolute atomic E-state index is 0.135. The van der Waals surface area contributed by atoms with E-state index in [0.717, 1.165) is 17.4 Å². The fourth-order valence-electron chi connectivity index (χ4n) is 2.73. The summed E-state index contributed by atoms with van der Waals surface area (Å²) in [6.07, 6.45) is 1.03. The highest BCUT2D eigenvalue weighted by molar-refractivity contribution is 9.10. The van der Waals surface area contributed by atoms with Gasteiger partial charge in [0, 0.05) is 49.3 Å². The third-order valence-corrected chi connectivity index (χ3v) is 4.66. The van der Waals surface area contributed by atoms with E-state index in [-0.39, 0.29) is 6.04 Å². The van der Waals surface area contributed by atoms with Gasteiger partial charge in [0.25, 0.3) is 0 Å². The molecule has 1 aromatic carbocycles. The van der Waals surface area contributed by atoms with E-state index in [9.17, 15) is 0 Å². The Balaban J connectivity index is 1.76. The van der Waals surface area contributed by atoms with Gasteiger partial charge in [0.15, 0.2) is 0 Å². The number of piperazine rings is 1. The number of nitrogens with two attached hydrogens (primary N) is 1. The van der Waals surface area contributed by atoms with E-state index in [1.807, 2.05) is 6.07 Å². The molecule has 4 heteroatoms. The summed E-state index contributed by atoms with van der Waals surface area (Å²) >= 11 is 3.51. The molecule has 20 heavy (non-hydrogen) atoms. The Morgan fingerprint density at radius 3 is 2.50 bits per heavy atom. The number of halogens is 1. The molecule has 0 amide bonds. The summed E-state index contributed by atoms with van der Waals surface area (Å²) in [5.41, 5.74) is 7.52. The first-order valence-corrected chi connectivity index (χ1v) is 8.33. The van der Waals surface area contributed by atoms with E-state index in [2.05, 4.69) is 57.8 Å². The predicted octanol–water partition coefficient (Wildman–Crippen LogP) is 2.87. The molecular formula is C16H26BrN3. The Hall–Kier alpha value is -0.420. The van der Waals surface area contributed by atoms with Crippen LogP contribution in [0.25, 0.3) is 0 Å². The molecule has 1 atom stereocenters. The summed E-state index contributed by atoms with van der Waals surface area (Å²) in [5, 5.41) is 0. The zero-order valence-electron chi connectivity index (χ0n) is 12.6. The molecule has 0 bridgehead atoms. The van der Waals surface area contributed by atoms with Crippen LogP contribution in [0.3, 0.4) is 0 Å². The van der Waals surface area contributed by atoms with Gasteiger partial charge in [0.1, 0.15) is 0 Å². The van der Waals surface area contributed by atoms with Crippen LogP contribution >= 0.6 is 15.9 Å². The normalized spacial score (nSPS) is 19.4. The maximum atomic E-state index is 6.30. The Bertz CT molecular complexity index is 414. The fraction of sp³-hybridized carbons (Fsp3) is 0.625. The van der Waals surface area contributed by atoms with Crippen molar-refractivity contribution in [1.82, 2.24) is 9.80 Å². The molecule has 0 radical (unpaired) electrons. The van der Waals surface area contributed by atoms with Crippen LogP contribution in [-0.4, -0.2) is 48.6 Å².